The van der Waals surface area contributed by atoms with E-state index in [0.29, 0.717) is 12.2 Å². The Labute approximate surface area is 154 Å². The second kappa shape index (κ2) is 7.83. The number of amides is 1. The predicted octanol–water partition coefficient (Wildman–Crippen LogP) is 4.71. The fourth-order valence-electron chi connectivity index (χ4n) is 2.87. The molecular weight excluding hydrogens is 322 g/mol. The molecule has 0 spiro atoms. The van der Waals surface area contributed by atoms with Gasteiger partial charge in [-0.2, -0.15) is 0 Å². The van der Waals surface area contributed by atoms with Crippen molar-refractivity contribution in [1.29, 1.82) is 0 Å². The highest BCUT2D eigenvalue weighted by Crippen LogP contribution is 2.24. The molecule has 0 unspecified atom stereocenters. The van der Waals surface area contributed by atoms with Gasteiger partial charge in [0.15, 0.2) is 0 Å². The molecule has 132 valence electrons. The molecule has 1 N–H and O–H groups in total. The smallest absolute Gasteiger partial charge is 0.272 e. The normalized spacial score (nSPS) is 10.4. The average Bonchev–Trinajstić information content (AvgIpc) is 2.65. The van der Waals surface area contributed by atoms with E-state index in [1.54, 1.807) is 24.2 Å². The number of para-hydroxylation sites is 1. The molecule has 0 saturated heterocycles. The third-order valence-corrected chi connectivity index (χ3v) is 4.34. The number of carbonyl (C=O) groups is 1. The van der Waals surface area contributed by atoms with E-state index in [4.69, 9.17) is 0 Å². The predicted molar refractivity (Wildman–Crippen MR) is 106 cm³/mol. The van der Waals surface area contributed by atoms with Crippen LogP contribution >= 0.6 is 0 Å². The Kier molecular flexibility index (Phi) is 5.32. The van der Waals surface area contributed by atoms with Crippen LogP contribution in [0.3, 0.4) is 0 Å². The van der Waals surface area contributed by atoms with Crippen LogP contribution in [0.2, 0.25) is 0 Å². The number of carbonyl (C=O) groups excluding carboxylic acids is 1. The fourth-order valence-corrected chi connectivity index (χ4v) is 2.87. The maximum Gasteiger partial charge on any atom is 0.272 e. The SMILES string of the molecule is Cc1cccc(C)c1Nc1ccc(C(=O)N(C)Cc2ccccc2)nc1. The second-order valence-electron chi connectivity index (χ2n) is 6.47. The number of rotatable bonds is 5. The average molecular weight is 345 g/mol. The van der Waals surface area contributed by atoms with Gasteiger partial charge in [0.1, 0.15) is 5.69 Å². The summed E-state index contributed by atoms with van der Waals surface area (Å²) in [6.07, 6.45) is 1.70. The fraction of sp³-hybridized carbons (Fsp3) is 0.182. The highest BCUT2D eigenvalue weighted by molar-refractivity contribution is 5.92. The highest BCUT2D eigenvalue weighted by atomic mass is 16.2. The molecule has 26 heavy (non-hydrogen) atoms. The Morgan fingerprint density at radius 3 is 2.27 bits per heavy atom. The zero-order chi connectivity index (χ0) is 18.5. The number of anilines is 2. The van der Waals surface area contributed by atoms with E-state index >= 15 is 0 Å². The van der Waals surface area contributed by atoms with E-state index in [-0.39, 0.29) is 5.91 Å². The summed E-state index contributed by atoms with van der Waals surface area (Å²) in [5.74, 6) is -0.0903. The first kappa shape index (κ1) is 17.7. The Balaban J connectivity index is 1.70. The first-order valence-electron chi connectivity index (χ1n) is 8.63. The van der Waals surface area contributed by atoms with Gasteiger partial charge in [0.05, 0.1) is 11.9 Å². The molecule has 3 rings (SSSR count). The Bertz CT molecular complexity index is 869. The quantitative estimate of drug-likeness (QED) is 0.728. The number of benzene rings is 2. The Morgan fingerprint density at radius 1 is 0.962 bits per heavy atom. The minimum absolute atomic E-state index is 0.0903. The Hall–Kier alpha value is -3.14. The van der Waals surface area contributed by atoms with Gasteiger partial charge >= 0.3 is 0 Å². The van der Waals surface area contributed by atoms with Gasteiger partial charge in [-0.25, -0.2) is 4.98 Å². The van der Waals surface area contributed by atoms with Crippen molar-refractivity contribution in [3.63, 3.8) is 0 Å². The summed E-state index contributed by atoms with van der Waals surface area (Å²) in [6, 6.07) is 19.8. The molecule has 0 fully saturated rings. The lowest BCUT2D eigenvalue weighted by Gasteiger charge is -2.17. The van der Waals surface area contributed by atoms with E-state index in [0.717, 1.165) is 16.9 Å². The third-order valence-electron chi connectivity index (χ3n) is 4.34. The minimum Gasteiger partial charge on any atom is -0.354 e. The number of pyridine rings is 1. The lowest BCUT2D eigenvalue weighted by molar-refractivity contribution is 0.0779. The molecule has 0 aliphatic rings. The maximum atomic E-state index is 12.6. The number of aryl methyl sites for hydroxylation is 2. The monoisotopic (exact) mass is 345 g/mol. The van der Waals surface area contributed by atoms with Crippen LogP contribution in [0, 0.1) is 13.8 Å². The van der Waals surface area contributed by atoms with Crippen LogP contribution in [0.4, 0.5) is 11.4 Å². The molecule has 4 heteroatoms. The van der Waals surface area contributed by atoms with E-state index in [2.05, 4.69) is 36.3 Å². The molecule has 1 heterocycles. The van der Waals surface area contributed by atoms with Gasteiger partial charge in [-0.15, -0.1) is 0 Å². The van der Waals surface area contributed by atoms with Crippen molar-refractivity contribution < 1.29 is 4.79 Å². The van der Waals surface area contributed by atoms with Gasteiger partial charge in [-0.1, -0.05) is 48.5 Å². The summed E-state index contributed by atoms with van der Waals surface area (Å²) in [5, 5.41) is 3.39. The summed E-state index contributed by atoms with van der Waals surface area (Å²) < 4.78 is 0. The summed E-state index contributed by atoms with van der Waals surface area (Å²) >= 11 is 0. The number of nitrogens with one attached hydrogen (secondary N) is 1. The standard InChI is InChI=1S/C22H23N3O/c1-16-8-7-9-17(2)21(16)24-19-12-13-20(23-14-19)22(26)25(3)15-18-10-5-4-6-11-18/h4-14,24H,15H2,1-3H3. The van der Waals surface area contributed by atoms with E-state index < -0.39 is 0 Å². The number of aromatic nitrogens is 1. The molecule has 1 amide bonds. The molecule has 3 aromatic rings. The van der Waals surface area contributed by atoms with Crippen molar-refractivity contribution in [2.24, 2.45) is 0 Å². The Morgan fingerprint density at radius 2 is 1.65 bits per heavy atom. The minimum atomic E-state index is -0.0903. The van der Waals surface area contributed by atoms with E-state index in [1.165, 1.54) is 11.1 Å². The maximum absolute atomic E-state index is 12.6. The molecule has 0 radical (unpaired) electrons. The molecule has 1 aromatic heterocycles. The second-order valence-corrected chi connectivity index (χ2v) is 6.47. The topological polar surface area (TPSA) is 45.2 Å². The number of nitrogens with zero attached hydrogens (tertiary/aromatic N) is 2. The van der Waals surface area contributed by atoms with E-state index in [1.807, 2.05) is 42.5 Å². The molecular formula is C22H23N3O. The molecule has 4 nitrogen and oxygen atoms in total. The zero-order valence-electron chi connectivity index (χ0n) is 15.4. The van der Waals surface area contributed by atoms with Gasteiger partial charge < -0.3 is 10.2 Å². The summed E-state index contributed by atoms with van der Waals surface area (Å²) in [6.45, 7) is 4.70. The largest absolute Gasteiger partial charge is 0.354 e. The number of hydrogen-bond acceptors (Lipinski definition) is 3. The molecule has 0 bridgehead atoms. The lowest BCUT2D eigenvalue weighted by Crippen LogP contribution is -2.26. The number of hydrogen-bond donors (Lipinski definition) is 1. The zero-order valence-corrected chi connectivity index (χ0v) is 15.4. The molecule has 0 aliphatic carbocycles. The van der Waals surface area contributed by atoms with Crippen LogP contribution in [-0.2, 0) is 6.54 Å². The van der Waals surface area contributed by atoms with Crippen molar-refractivity contribution in [2.75, 3.05) is 12.4 Å². The van der Waals surface area contributed by atoms with Crippen LogP contribution in [0.5, 0.6) is 0 Å². The summed E-state index contributed by atoms with van der Waals surface area (Å²) in [7, 11) is 1.79. The summed E-state index contributed by atoms with van der Waals surface area (Å²) in [5.41, 5.74) is 5.83. The van der Waals surface area contributed by atoms with Crippen LogP contribution < -0.4 is 5.32 Å². The molecule has 0 aliphatic heterocycles. The van der Waals surface area contributed by atoms with E-state index in [9.17, 15) is 4.79 Å². The highest BCUT2D eigenvalue weighted by Gasteiger charge is 2.13. The molecule has 0 saturated carbocycles. The van der Waals surface area contributed by atoms with Crippen LogP contribution in [0.1, 0.15) is 27.2 Å². The molecule has 2 aromatic carbocycles. The van der Waals surface area contributed by atoms with Crippen molar-refractivity contribution in [3.05, 3.63) is 89.2 Å². The first-order valence-corrected chi connectivity index (χ1v) is 8.63. The van der Waals surface area contributed by atoms with Crippen LogP contribution in [0.25, 0.3) is 0 Å². The van der Waals surface area contributed by atoms with Gasteiger partial charge in [0.2, 0.25) is 0 Å². The lowest BCUT2D eigenvalue weighted by atomic mass is 10.1. The third kappa shape index (κ3) is 4.09. The van der Waals surface area contributed by atoms with Crippen molar-refractivity contribution in [3.8, 4) is 0 Å². The van der Waals surface area contributed by atoms with Gasteiger partial charge in [0, 0.05) is 19.3 Å². The van der Waals surface area contributed by atoms with Gasteiger partial charge in [-0.05, 0) is 42.7 Å². The van der Waals surface area contributed by atoms with Crippen molar-refractivity contribution in [1.82, 2.24) is 9.88 Å². The molecule has 0 atom stereocenters. The first-order chi connectivity index (χ1) is 12.5. The van der Waals surface area contributed by atoms with Crippen LogP contribution in [-0.4, -0.2) is 22.8 Å². The van der Waals surface area contributed by atoms with Crippen LogP contribution in [0.15, 0.2) is 66.9 Å². The van der Waals surface area contributed by atoms with Gasteiger partial charge in [-0.3, -0.25) is 4.79 Å². The summed E-state index contributed by atoms with van der Waals surface area (Å²) in [4.78, 5) is 18.6. The van der Waals surface area contributed by atoms with Crippen molar-refractivity contribution in [2.45, 2.75) is 20.4 Å². The van der Waals surface area contributed by atoms with Crippen molar-refractivity contribution >= 4 is 17.3 Å². The van der Waals surface area contributed by atoms with Gasteiger partial charge in [0.25, 0.3) is 5.91 Å².